The van der Waals surface area contributed by atoms with Gasteiger partial charge in [-0.2, -0.15) is 5.26 Å². The van der Waals surface area contributed by atoms with E-state index in [9.17, 15) is 10.4 Å². The molecule has 1 aliphatic carbocycles. The zero-order valence-corrected chi connectivity index (χ0v) is 11.6. The lowest BCUT2D eigenvalue weighted by atomic mass is 9.85. The molecule has 1 aliphatic heterocycles. The monoisotopic (exact) mass is 258 g/mol. The molecule has 4 nitrogen and oxygen atoms in total. The van der Waals surface area contributed by atoms with E-state index >= 15 is 0 Å². The molecule has 0 atom stereocenters. The van der Waals surface area contributed by atoms with Crippen molar-refractivity contribution in [2.75, 3.05) is 0 Å². The molecule has 1 N–H and O–H groups in total. The van der Waals surface area contributed by atoms with Crippen molar-refractivity contribution in [3.63, 3.8) is 0 Å². The summed E-state index contributed by atoms with van der Waals surface area (Å²) < 4.78 is 5.86. The van der Waals surface area contributed by atoms with Gasteiger partial charge >= 0.3 is 0 Å². The van der Waals surface area contributed by atoms with Gasteiger partial charge in [-0.3, -0.25) is 0 Å². The van der Waals surface area contributed by atoms with Crippen molar-refractivity contribution in [3.05, 3.63) is 22.4 Å². The average Bonchev–Trinajstić information content (AvgIpc) is 3.06. The first kappa shape index (κ1) is 12.4. The molecule has 3 rings (SSSR count). The van der Waals surface area contributed by atoms with Crippen LogP contribution in [0.4, 0.5) is 0 Å². The summed E-state index contributed by atoms with van der Waals surface area (Å²) >= 11 is 0. The lowest BCUT2D eigenvalue weighted by molar-refractivity contribution is -0.0410. The number of hydrogen-bond acceptors (Lipinski definition) is 4. The molecule has 1 aromatic heterocycles. The fourth-order valence-corrected chi connectivity index (χ4v) is 2.79. The summed E-state index contributed by atoms with van der Waals surface area (Å²) in [5.41, 5.74) is 2.95. The lowest BCUT2D eigenvalue weighted by Gasteiger charge is -2.34. The Balaban J connectivity index is 2.22. The summed E-state index contributed by atoms with van der Waals surface area (Å²) in [5, 5.41) is 19.3. The van der Waals surface area contributed by atoms with Crippen molar-refractivity contribution in [1.29, 1.82) is 5.26 Å². The van der Waals surface area contributed by atoms with Crippen LogP contribution < -0.4 is 0 Å². The minimum absolute atomic E-state index is 0.0559. The molecule has 1 saturated carbocycles. The number of rotatable bonds is 1. The van der Waals surface area contributed by atoms with E-state index in [4.69, 9.17) is 4.74 Å². The Hall–Kier alpha value is -1.60. The molecule has 1 aromatic rings. The van der Waals surface area contributed by atoms with Crippen molar-refractivity contribution in [1.82, 2.24) is 4.98 Å². The quantitative estimate of drug-likeness (QED) is 0.840. The van der Waals surface area contributed by atoms with Crippen molar-refractivity contribution in [2.24, 2.45) is 0 Å². The highest BCUT2D eigenvalue weighted by molar-refractivity contribution is 5.53. The van der Waals surface area contributed by atoms with Crippen LogP contribution >= 0.6 is 0 Å². The molecule has 0 saturated heterocycles. The third-order valence-electron chi connectivity index (χ3n) is 4.29. The maximum absolute atomic E-state index is 10.0. The molecular formula is C15H18N2O2. The van der Waals surface area contributed by atoms with E-state index in [1.54, 1.807) is 0 Å². The van der Waals surface area contributed by atoms with Crippen LogP contribution in [0, 0.1) is 11.3 Å². The predicted octanol–water partition coefficient (Wildman–Crippen LogP) is 2.56. The SMILES string of the molecule is CC1(C)Cc2c(C#N)c(O)nc(C3(C)CC3)c2CO1. The average molecular weight is 258 g/mol. The minimum Gasteiger partial charge on any atom is -0.492 e. The summed E-state index contributed by atoms with van der Waals surface area (Å²) in [6, 6.07) is 2.09. The number of aromatic nitrogens is 1. The summed E-state index contributed by atoms with van der Waals surface area (Å²) in [6.45, 7) is 6.65. The molecule has 0 unspecified atom stereocenters. The lowest BCUT2D eigenvalue weighted by Crippen LogP contribution is -2.34. The van der Waals surface area contributed by atoms with Gasteiger partial charge in [-0.1, -0.05) is 6.92 Å². The Morgan fingerprint density at radius 3 is 2.53 bits per heavy atom. The third kappa shape index (κ3) is 1.89. The van der Waals surface area contributed by atoms with Gasteiger partial charge in [0.1, 0.15) is 11.6 Å². The molecule has 0 bridgehead atoms. The van der Waals surface area contributed by atoms with Crippen molar-refractivity contribution in [2.45, 2.75) is 57.7 Å². The van der Waals surface area contributed by atoms with E-state index in [1.165, 1.54) is 0 Å². The Kier molecular flexibility index (Phi) is 2.42. The third-order valence-corrected chi connectivity index (χ3v) is 4.29. The second-order valence-electron chi connectivity index (χ2n) is 6.51. The second kappa shape index (κ2) is 3.71. The molecule has 0 amide bonds. The molecule has 2 heterocycles. The van der Waals surface area contributed by atoms with Crippen LogP contribution in [0.5, 0.6) is 5.88 Å². The van der Waals surface area contributed by atoms with Gasteiger partial charge in [-0.05, 0) is 32.3 Å². The number of nitrogens with zero attached hydrogens (tertiary/aromatic N) is 2. The largest absolute Gasteiger partial charge is 0.492 e. The zero-order valence-electron chi connectivity index (χ0n) is 11.6. The smallest absolute Gasteiger partial charge is 0.229 e. The van der Waals surface area contributed by atoms with E-state index in [0.29, 0.717) is 18.6 Å². The zero-order chi connectivity index (χ0) is 13.8. The molecule has 19 heavy (non-hydrogen) atoms. The van der Waals surface area contributed by atoms with Crippen LogP contribution in [0.2, 0.25) is 0 Å². The van der Waals surface area contributed by atoms with Gasteiger partial charge in [-0.15, -0.1) is 0 Å². The second-order valence-corrected chi connectivity index (χ2v) is 6.51. The normalized spacial score (nSPS) is 22.4. The van der Waals surface area contributed by atoms with Crippen LogP contribution in [-0.2, 0) is 23.2 Å². The van der Waals surface area contributed by atoms with E-state index in [2.05, 4.69) is 18.0 Å². The Bertz CT molecular complexity index is 595. The van der Waals surface area contributed by atoms with Crippen molar-refractivity contribution < 1.29 is 9.84 Å². The van der Waals surface area contributed by atoms with Crippen molar-refractivity contribution in [3.8, 4) is 11.9 Å². The first-order chi connectivity index (χ1) is 8.86. The van der Waals surface area contributed by atoms with Crippen LogP contribution in [0.3, 0.4) is 0 Å². The highest BCUT2D eigenvalue weighted by atomic mass is 16.5. The van der Waals surface area contributed by atoms with E-state index < -0.39 is 0 Å². The molecule has 4 heteroatoms. The number of ether oxygens (including phenoxy) is 1. The van der Waals surface area contributed by atoms with Gasteiger partial charge < -0.3 is 9.84 Å². The topological polar surface area (TPSA) is 66.1 Å². The van der Waals surface area contributed by atoms with Gasteiger partial charge in [0.25, 0.3) is 0 Å². The van der Waals surface area contributed by atoms with Crippen LogP contribution in [-0.4, -0.2) is 15.7 Å². The number of aromatic hydroxyl groups is 1. The van der Waals surface area contributed by atoms with E-state index in [1.807, 2.05) is 13.8 Å². The summed E-state index contributed by atoms with van der Waals surface area (Å²) in [6.07, 6.45) is 2.81. The van der Waals surface area contributed by atoms with Gasteiger partial charge in [0.2, 0.25) is 5.88 Å². The minimum atomic E-state index is -0.298. The van der Waals surface area contributed by atoms with Gasteiger partial charge in [-0.25, -0.2) is 4.98 Å². The van der Waals surface area contributed by atoms with E-state index in [0.717, 1.165) is 29.7 Å². The predicted molar refractivity (Wildman–Crippen MR) is 69.8 cm³/mol. The molecule has 1 fully saturated rings. The number of pyridine rings is 1. The van der Waals surface area contributed by atoms with Gasteiger partial charge in [0.05, 0.1) is 17.9 Å². The Labute approximate surface area is 113 Å². The fourth-order valence-electron chi connectivity index (χ4n) is 2.79. The maximum Gasteiger partial charge on any atom is 0.229 e. The summed E-state index contributed by atoms with van der Waals surface area (Å²) in [7, 11) is 0. The Morgan fingerprint density at radius 2 is 1.95 bits per heavy atom. The molecule has 100 valence electrons. The summed E-state index contributed by atoms with van der Waals surface area (Å²) in [4.78, 5) is 4.29. The maximum atomic E-state index is 10.0. The molecular weight excluding hydrogens is 240 g/mol. The van der Waals surface area contributed by atoms with Crippen molar-refractivity contribution >= 4 is 0 Å². The summed E-state index contributed by atoms with van der Waals surface area (Å²) in [5.74, 6) is -0.123. The number of hydrogen-bond donors (Lipinski definition) is 1. The number of fused-ring (bicyclic) bond motifs is 1. The molecule has 0 aromatic carbocycles. The standard InChI is InChI=1S/C15H18N2O2/c1-14(2)6-9-10(7-16)13(18)17-12(11(9)8-19-14)15(3)4-5-15/h4-6,8H2,1-3H3,(H,17,18). The van der Waals surface area contributed by atoms with Crippen LogP contribution in [0.25, 0.3) is 0 Å². The van der Waals surface area contributed by atoms with Crippen LogP contribution in [0.15, 0.2) is 0 Å². The Morgan fingerprint density at radius 1 is 1.26 bits per heavy atom. The first-order valence-corrected chi connectivity index (χ1v) is 6.65. The molecule has 2 aliphatic rings. The van der Waals surface area contributed by atoms with Gasteiger partial charge in [0.15, 0.2) is 0 Å². The number of nitriles is 1. The molecule has 0 spiro atoms. The highest BCUT2D eigenvalue weighted by Gasteiger charge is 2.45. The molecule has 0 radical (unpaired) electrons. The first-order valence-electron chi connectivity index (χ1n) is 6.65. The fraction of sp³-hybridized carbons (Fsp3) is 0.600. The highest BCUT2D eigenvalue weighted by Crippen LogP contribution is 2.50. The van der Waals surface area contributed by atoms with Crippen LogP contribution in [0.1, 0.15) is 56.0 Å². The van der Waals surface area contributed by atoms with Gasteiger partial charge in [0, 0.05) is 17.4 Å². The van der Waals surface area contributed by atoms with E-state index in [-0.39, 0.29) is 16.9 Å².